The summed E-state index contributed by atoms with van der Waals surface area (Å²) in [4.78, 5) is 19.4. The van der Waals surface area contributed by atoms with E-state index in [9.17, 15) is 4.79 Å². The first-order valence-electron chi connectivity index (χ1n) is 4.88. The van der Waals surface area contributed by atoms with E-state index in [1.54, 1.807) is 0 Å². The molecule has 0 unspecified atom stereocenters. The Morgan fingerprint density at radius 2 is 2.36 bits per heavy atom. The number of carbonyl (C=O) groups is 1. The summed E-state index contributed by atoms with van der Waals surface area (Å²) in [7, 11) is 0. The number of carbonyl (C=O) groups excluding carboxylic acids is 1. The van der Waals surface area contributed by atoms with Gasteiger partial charge in [-0.15, -0.1) is 0 Å². The molecule has 1 aromatic rings. The molecule has 14 heavy (non-hydrogen) atoms. The van der Waals surface area contributed by atoms with Gasteiger partial charge in [-0.05, 0) is 19.3 Å². The first-order valence-corrected chi connectivity index (χ1v) is 4.88. The number of hydrogen-bond donors (Lipinski definition) is 1. The number of hydrogen-bond acceptors (Lipinski definition) is 3. The second-order valence-electron chi connectivity index (χ2n) is 3.58. The van der Waals surface area contributed by atoms with Gasteiger partial charge in [0.25, 0.3) is 5.91 Å². The number of aryl methyl sites for hydroxylation is 1. The molecule has 1 aromatic heterocycles. The molecule has 0 saturated heterocycles. The highest BCUT2D eigenvalue weighted by molar-refractivity contribution is 5.90. The Balaban J connectivity index is 2.38. The van der Waals surface area contributed by atoms with Gasteiger partial charge in [-0.3, -0.25) is 9.78 Å². The Labute approximate surface area is 82.6 Å². The lowest BCUT2D eigenvalue weighted by Gasteiger charge is -2.05. The minimum Gasteiger partial charge on any atom is -0.364 e. The van der Waals surface area contributed by atoms with Crippen LogP contribution in [-0.4, -0.2) is 15.9 Å². The lowest BCUT2D eigenvalue weighted by atomic mass is 10.2. The second kappa shape index (κ2) is 3.36. The van der Waals surface area contributed by atoms with E-state index in [-0.39, 0.29) is 5.69 Å². The molecule has 1 saturated carbocycles. The first-order chi connectivity index (χ1) is 6.72. The molecule has 0 atom stereocenters. The van der Waals surface area contributed by atoms with Gasteiger partial charge in [-0.2, -0.15) is 0 Å². The Kier molecular flexibility index (Phi) is 2.19. The van der Waals surface area contributed by atoms with E-state index in [4.69, 9.17) is 5.73 Å². The normalized spacial score (nSPS) is 15.5. The summed E-state index contributed by atoms with van der Waals surface area (Å²) >= 11 is 0. The SMILES string of the molecule is CCc1nc(C(N)=O)cnc1C1CC1. The lowest BCUT2D eigenvalue weighted by molar-refractivity contribution is 0.0995. The van der Waals surface area contributed by atoms with Gasteiger partial charge in [0.05, 0.1) is 17.6 Å². The van der Waals surface area contributed by atoms with Gasteiger partial charge in [0.2, 0.25) is 0 Å². The molecule has 2 rings (SSSR count). The number of nitrogens with zero attached hydrogens (tertiary/aromatic N) is 2. The Bertz CT molecular complexity index is 372. The molecule has 4 heteroatoms. The van der Waals surface area contributed by atoms with Crippen molar-refractivity contribution in [3.05, 3.63) is 23.3 Å². The van der Waals surface area contributed by atoms with E-state index in [1.807, 2.05) is 6.92 Å². The fourth-order valence-electron chi connectivity index (χ4n) is 1.51. The fraction of sp³-hybridized carbons (Fsp3) is 0.500. The van der Waals surface area contributed by atoms with Crippen molar-refractivity contribution in [3.63, 3.8) is 0 Å². The van der Waals surface area contributed by atoms with Crippen molar-refractivity contribution in [3.8, 4) is 0 Å². The van der Waals surface area contributed by atoms with Gasteiger partial charge in [0.1, 0.15) is 5.69 Å². The van der Waals surface area contributed by atoms with Gasteiger partial charge in [-0.1, -0.05) is 6.92 Å². The topological polar surface area (TPSA) is 68.9 Å². The molecule has 1 heterocycles. The third-order valence-electron chi connectivity index (χ3n) is 2.43. The van der Waals surface area contributed by atoms with Crippen LogP contribution in [0.2, 0.25) is 0 Å². The molecule has 0 aliphatic heterocycles. The predicted molar refractivity (Wildman–Crippen MR) is 51.9 cm³/mol. The maximum atomic E-state index is 10.9. The standard InChI is InChI=1S/C10H13N3O/c1-2-7-9(6-3-4-6)12-5-8(13-7)10(11)14/h5-6H,2-4H2,1H3,(H2,11,14). The van der Waals surface area contributed by atoms with Gasteiger partial charge in [0.15, 0.2) is 0 Å². The van der Waals surface area contributed by atoms with E-state index in [2.05, 4.69) is 9.97 Å². The molecule has 0 aromatic carbocycles. The zero-order valence-corrected chi connectivity index (χ0v) is 8.16. The summed E-state index contributed by atoms with van der Waals surface area (Å²) in [5.41, 5.74) is 7.38. The highest BCUT2D eigenvalue weighted by Gasteiger charge is 2.28. The zero-order valence-electron chi connectivity index (χ0n) is 8.16. The quantitative estimate of drug-likeness (QED) is 0.775. The Hall–Kier alpha value is -1.45. The average molecular weight is 191 g/mol. The fourth-order valence-corrected chi connectivity index (χ4v) is 1.51. The first kappa shape index (κ1) is 9.12. The van der Waals surface area contributed by atoms with Crippen molar-refractivity contribution in [2.75, 3.05) is 0 Å². The van der Waals surface area contributed by atoms with Crippen LogP contribution in [0.3, 0.4) is 0 Å². The van der Waals surface area contributed by atoms with E-state index >= 15 is 0 Å². The molecular formula is C10H13N3O. The maximum absolute atomic E-state index is 10.9. The average Bonchev–Trinajstić information content (AvgIpc) is 3.00. The van der Waals surface area contributed by atoms with Crippen LogP contribution in [0.4, 0.5) is 0 Å². The van der Waals surface area contributed by atoms with Crippen molar-refractivity contribution < 1.29 is 4.79 Å². The highest BCUT2D eigenvalue weighted by atomic mass is 16.1. The Morgan fingerprint density at radius 1 is 1.64 bits per heavy atom. The minimum absolute atomic E-state index is 0.270. The summed E-state index contributed by atoms with van der Waals surface area (Å²) in [5.74, 6) is 0.0638. The molecule has 0 bridgehead atoms. The molecule has 1 fully saturated rings. The smallest absolute Gasteiger partial charge is 0.268 e. The summed E-state index contributed by atoms with van der Waals surface area (Å²) in [5, 5.41) is 0. The third kappa shape index (κ3) is 1.60. The molecule has 1 aliphatic carbocycles. The zero-order chi connectivity index (χ0) is 10.1. The van der Waals surface area contributed by atoms with Crippen LogP contribution in [0.5, 0.6) is 0 Å². The predicted octanol–water partition coefficient (Wildman–Crippen LogP) is 1.02. The largest absolute Gasteiger partial charge is 0.364 e. The van der Waals surface area contributed by atoms with E-state index in [0.717, 1.165) is 17.8 Å². The van der Waals surface area contributed by atoms with Crippen LogP contribution in [0.1, 0.15) is 47.6 Å². The summed E-state index contributed by atoms with van der Waals surface area (Å²) in [6, 6.07) is 0. The molecule has 4 nitrogen and oxygen atoms in total. The van der Waals surface area contributed by atoms with Crippen LogP contribution in [-0.2, 0) is 6.42 Å². The van der Waals surface area contributed by atoms with Gasteiger partial charge < -0.3 is 5.73 Å². The van der Waals surface area contributed by atoms with E-state index in [1.165, 1.54) is 19.0 Å². The van der Waals surface area contributed by atoms with Crippen LogP contribution in [0, 0.1) is 0 Å². The van der Waals surface area contributed by atoms with Crippen LogP contribution >= 0.6 is 0 Å². The van der Waals surface area contributed by atoms with Crippen molar-refractivity contribution in [2.24, 2.45) is 5.73 Å². The van der Waals surface area contributed by atoms with Crippen LogP contribution < -0.4 is 5.73 Å². The molecule has 1 amide bonds. The number of aromatic nitrogens is 2. The third-order valence-corrected chi connectivity index (χ3v) is 2.43. The number of rotatable bonds is 3. The van der Waals surface area contributed by atoms with Crippen molar-refractivity contribution in [1.29, 1.82) is 0 Å². The van der Waals surface area contributed by atoms with Gasteiger partial charge >= 0.3 is 0 Å². The molecular weight excluding hydrogens is 178 g/mol. The minimum atomic E-state index is -0.505. The monoisotopic (exact) mass is 191 g/mol. The molecule has 1 aliphatic rings. The van der Waals surface area contributed by atoms with Crippen molar-refractivity contribution >= 4 is 5.91 Å². The number of amides is 1. The van der Waals surface area contributed by atoms with Crippen LogP contribution in [0.25, 0.3) is 0 Å². The summed E-state index contributed by atoms with van der Waals surface area (Å²) in [6.07, 6.45) is 4.67. The number of primary amides is 1. The number of nitrogens with two attached hydrogens (primary N) is 1. The molecule has 2 N–H and O–H groups in total. The summed E-state index contributed by atoms with van der Waals surface area (Å²) < 4.78 is 0. The van der Waals surface area contributed by atoms with E-state index < -0.39 is 5.91 Å². The lowest BCUT2D eigenvalue weighted by Crippen LogP contribution is -2.15. The molecule has 74 valence electrons. The van der Waals surface area contributed by atoms with Gasteiger partial charge in [-0.25, -0.2) is 4.98 Å². The van der Waals surface area contributed by atoms with Gasteiger partial charge in [0, 0.05) is 5.92 Å². The second-order valence-corrected chi connectivity index (χ2v) is 3.58. The summed E-state index contributed by atoms with van der Waals surface area (Å²) in [6.45, 7) is 2.01. The highest BCUT2D eigenvalue weighted by Crippen LogP contribution is 2.40. The van der Waals surface area contributed by atoms with E-state index in [0.29, 0.717) is 5.92 Å². The van der Waals surface area contributed by atoms with Crippen LogP contribution in [0.15, 0.2) is 6.20 Å². The Morgan fingerprint density at radius 3 is 2.86 bits per heavy atom. The molecule has 0 spiro atoms. The maximum Gasteiger partial charge on any atom is 0.268 e. The van der Waals surface area contributed by atoms with Crippen molar-refractivity contribution in [2.45, 2.75) is 32.1 Å². The van der Waals surface area contributed by atoms with Crippen molar-refractivity contribution in [1.82, 2.24) is 9.97 Å². The molecule has 0 radical (unpaired) electrons.